The molecule has 2 rings (SSSR count). The number of hydrogen-bond acceptors (Lipinski definition) is 3. The second-order valence-electron chi connectivity index (χ2n) is 3.86. The second kappa shape index (κ2) is 3.06. The SMILES string of the molecule is Cc1cncc(NC(=O)C2(N)CC2)c1. The summed E-state index contributed by atoms with van der Waals surface area (Å²) in [6.07, 6.45) is 4.91. The zero-order valence-corrected chi connectivity index (χ0v) is 8.08. The van der Waals surface area contributed by atoms with Crippen molar-refractivity contribution in [2.45, 2.75) is 25.3 Å². The van der Waals surface area contributed by atoms with E-state index in [1.165, 1.54) is 0 Å². The van der Waals surface area contributed by atoms with Gasteiger partial charge >= 0.3 is 0 Å². The Kier molecular flexibility index (Phi) is 2.00. The molecule has 4 heteroatoms. The third-order valence-corrected chi connectivity index (χ3v) is 2.37. The van der Waals surface area contributed by atoms with E-state index >= 15 is 0 Å². The summed E-state index contributed by atoms with van der Waals surface area (Å²) in [6.45, 7) is 1.93. The molecule has 0 bridgehead atoms. The fourth-order valence-electron chi connectivity index (χ4n) is 1.24. The van der Waals surface area contributed by atoms with E-state index in [4.69, 9.17) is 5.73 Å². The van der Waals surface area contributed by atoms with Crippen molar-refractivity contribution in [2.24, 2.45) is 5.73 Å². The van der Waals surface area contributed by atoms with E-state index in [9.17, 15) is 4.79 Å². The van der Waals surface area contributed by atoms with E-state index < -0.39 is 5.54 Å². The van der Waals surface area contributed by atoms with Crippen molar-refractivity contribution in [3.8, 4) is 0 Å². The summed E-state index contributed by atoms with van der Waals surface area (Å²) in [5, 5.41) is 2.76. The van der Waals surface area contributed by atoms with Crippen molar-refractivity contribution in [3.63, 3.8) is 0 Å². The Bertz CT molecular complexity index is 371. The first-order chi connectivity index (χ1) is 6.60. The van der Waals surface area contributed by atoms with Gasteiger partial charge in [0.15, 0.2) is 0 Å². The molecule has 0 aliphatic heterocycles. The first kappa shape index (κ1) is 9.15. The third kappa shape index (κ3) is 1.75. The highest BCUT2D eigenvalue weighted by atomic mass is 16.2. The molecule has 0 radical (unpaired) electrons. The van der Waals surface area contributed by atoms with Gasteiger partial charge in [-0.3, -0.25) is 9.78 Å². The first-order valence-corrected chi connectivity index (χ1v) is 4.62. The second-order valence-corrected chi connectivity index (χ2v) is 3.86. The normalized spacial score (nSPS) is 17.6. The molecule has 1 aromatic rings. The van der Waals surface area contributed by atoms with E-state index in [0.717, 1.165) is 18.4 Å². The number of nitrogens with zero attached hydrogens (tertiary/aromatic N) is 1. The number of aromatic nitrogens is 1. The van der Waals surface area contributed by atoms with Crippen LogP contribution in [0, 0.1) is 6.92 Å². The lowest BCUT2D eigenvalue weighted by atomic mass is 10.2. The van der Waals surface area contributed by atoms with Gasteiger partial charge in [0.2, 0.25) is 5.91 Å². The Balaban J connectivity index is 2.07. The summed E-state index contributed by atoms with van der Waals surface area (Å²) >= 11 is 0. The number of aryl methyl sites for hydroxylation is 1. The number of carbonyl (C=O) groups is 1. The first-order valence-electron chi connectivity index (χ1n) is 4.62. The van der Waals surface area contributed by atoms with Gasteiger partial charge in [-0.1, -0.05) is 0 Å². The number of rotatable bonds is 2. The molecule has 1 aliphatic carbocycles. The quantitative estimate of drug-likeness (QED) is 0.727. The van der Waals surface area contributed by atoms with Gasteiger partial charge in [0.25, 0.3) is 0 Å². The molecule has 1 saturated carbocycles. The monoisotopic (exact) mass is 191 g/mol. The maximum absolute atomic E-state index is 11.5. The van der Waals surface area contributed by atoms with Crippen LogP contribution in [0.1, 0.15) is 18.4 Å². The molecule has 1 heterocycles. The van der Waals surface area contributed by atoms with Gasteiger partial charge in [0, 0.05) is 6.20 Å². The van der Waals surface area contributed by atoms with E-state index in [1.807, 2.05) is 13.0 Å². The number of hydrogen-bond donors (Lipinski definition) is 2. The predicted octanol–water partition coefficient (Wildman–Crippen LogP) is 0.820. The number of pyridine rings is 1. The molecule has 1 aromatic heterocycles. The number of nitrogens with two attached hydrogens (primary N) is 1. The Morgan fingerprint density at radius 2 is 2.29 bits per heavy atom. The van der Waals surface area contributed by atoms with Crippen molar-refractivity contribution in [3.05, 3.63) is 24.0 Å². The van der Waals surface area contributed by atoms with Crippen LogP contribution in [0.15, 0.2) is 18.5 Å². The highest BCUT2D eigenvalue weighted by molar-refractivity contribution is 5.99. The minimum atomic E-state index is -0.621. The van der Waals surface area contributed by atoms with Crippen LogP contribution in [0.5, 0.6) is 0 Å². The lowest BCUT2D eigenvalue weighted by molar-refractivity contribution is -0.118. The van der Waals surface area contributed by atoms with E-state index in [2.05, 4.69) is 10.3 Å². The number of anilines is 1. The average molecular weight is 191 g/mol. The Morgan fingerprint density at radius 3 is 2.86 bits per heavy atom. The van der Waals surface area contributed by atoms with Gasteiger partial charge < -0.3 is 11.1 Å². The maximum Gasteiger partial charge on any atom is 0.244 e. The van der Waals surface area contributed by atoms with Crippen LogP contribution in [0.2, 0.25) is 0 Å². The molecular formula is C10H13N3O. The molecule has 0 aromatic carbocycles. The molecule has 14 heavy (non-hydrogen) atoms. The van der Waals surface area contributed by atoms with Crippen molar-refractivity contribution >= 4 is 11.6 Å². The van der Waals surface area contributed by atoms with Gasteiger partial charge in [-0.25, -0.2) is 0 Å². The summed E-state index contributed by atoms with van der Waals surface area (Å²) in [7, 11) is 0. The minimum absolute atomic E-state index is 0.107. The maximum atomic E-state index is 11.5. The summed E-state index contributed by atoms with van der Waals surface area (Å²) in [6, 6.07) is 1.87. The highest BCUT2D eigenvalue weighted by Gasteiger charge is 2.45. The molecular weight excluding hydrogens is 178 g/mol. The predicted molar refractivity (Wildman–Crippen MR) is 53.8 cm³/mol. The van der Waals surface area contributed by atoms with E-state index in [0.29, 0.717) is 5.69 Å². The van der Waals surface area contributed by atoms with Crippen molar-refractivity contribution < 1.29 is 4.79 Å². The molecule has 0 spiro atoms. The van der Waals surface area contributed by atoms with Crippen molar-refractivity contribution in [1.29, 1.82) is 0 Å². The van der Waals surface area contributed by atoms with Crippen molar-refractivity contribution in [2.75, 3.05) is 5.32 Å². The summed E-state index contributed by atoms with van der Waals surface area (Å²) in [4.78, 5) is 15.5. The third-order valence-electron chi connectivity index (χ3n) is 2.37. The molecule has 0 saturated heterocycles. The zero-order valence-electron chi connectivity index (χ0n) is 8.08. The van der Waals surface area contributed by atoms with Crippen LogP contribution in [0.25, 0.3) is 0 Å². The van der Waals surface area contributed by atoms with E-state index in [-0.39, 0.29) is 5.91 Å². The van der Waals surface area contributed by atoms with Crippen LogP contribution in [-0.2, 0) is 4.79 Å². The van der Waals surface area contributed by atoms with Crippen LogP contribution in [0.3, 0.4) is 0 Å². The van der Waals surface area contributed by atoms with Gasteiger partial charge in [-0.15, -0.1) is 0 Å². The number of carbonyl (C=O) groups excluding carboxylic acids is 1. The average Bonchev–Trinajstić information content (AvgIpc) is 2.85. The fourth-order valence-corrected chi connectivity index (χ4v) is 1.24. The van der Waals surface area contributed by atoms with Crippen LogP contribution >= 0.6 is 0 Å². The molecule has 74 valence electrons. The highest BCUT2D eigenvalue weighted by Crippen LogP contribution is 2.33. The summed E-state index contributed by atoms with van der Waals surface area (Å²) in [5.41, 5.74) is 6.86. The molecule has 4 nitrogen and oxygen atoms in total. The smallest absolute Gasteiger partial charge is 0.244 e. The van der Waals surface area contributed by atoms with E-state index in [1.54, 1.807) is 12.4 Å². The molecule has 1 aliphatic rings. The fraction of sp³-hybridized carbons (Fsp3) is 0.400. The summed E-state index contributed by atoms with van der Waals surface area (Å²) in [5.74, 6) is -0.107. The zero-order chi connectivity index (χ0) is 10.2. The minimum Gasteiger partial charge on any atom is -0.323 e. The van der Waals surface area contributed by atoms with Gasteiger partial charge in [-0.05, 0) is 31.4 Å². The molecule has 1 fully saturated rings. The van der Waals surface area contributed by atoms with Gasteiger partial charge in [-0.2, -0.15) is 0 Å². The Morgan fingerprint density at radius 1 is 1.57 bits per heavy atom. The van der Waals surface area contributed by atoms with Crippen LogP contribution in [0.4, 0.5) is 5.69 Å². The Hall–Kier alpha value is -1.42. The lowest BCUT2D eigenvalue weighted by Crippen LogP contribution is -2.37. The largest absolute Gasteiger partial charge is 0.323 e. The number of amides is 1. The van der Waals surface area contributed by atoms with Gasteiger partial charge in [0.1, 0.15) is 0 Å². The molecule has 0 unspecified atom stereocenters. The molecule has 3 N–H and O–H groups in total. The van der Waals surface area contributed by atoms with Crippen LogP contribution in [-0.4, -0.2) is 16.4 Å². The molecule has 0 atom stereocenters. The Labute approximate surface area is 82.5 Å². The molecule has 1 amide bonds. The van der Waals surface area contributed by atoms with Crippen LogP contribution < -0.4 is 11.1 Å². The lowest BCUT2D eigenvalue weighted by Gasteiger charge is -2.09. The topological polar surface area (TPSA) is 68.0 Å². The van der Waals surface area contributed by atoms with Gasteiger partial charge in [0.05, 0.1) is 17.4 Å². The van der Waals surface area contributed by atoms with Crippen molar-refractivity contribution in [1.82, 2.24) is 4.98 Å². The summed E-state index contributed by atoms with van der Waals surface area (Å²) < 4.78 is 0. The standard InChI is InChI=1S/C10H13N3O/c1-7-4-8(6-12-5-7)13-9(14)10(11)2-3-10/h4-6H,2-3,11H2,1H3,(H,13,14). The number of nitrogens with one attached hydrogen (secondary N) is 1.